The van der Waals surface area contributed by atoms with E-state index in [1.165, 1.54) is 33.4 Å². The third-order valence-electron chi connectivity index (χ3n) is 6.79. The number of phosphoric acid groups is 2. The van der Waals surface area contributed by atoms with E-state index in [9.17, 15) is 0 Å². The van der Waals surface area contributed by atoms with Crippen molar-refractivity contribution in [2.75, 3.05) is 0 Å². The van der Waals surface area contributed by atoms with Gasteiger partial charge < -0.3 is 29.4 Å². The number of fused-ring (bicyclic) bond motifs is 8. The van der Waals surface area contributed by atoms with Crippen LogP contribution in [0.15, 0.2) is 73.8 Å². The molecule has 0 atom stereocenters. The van der Waals surface area contributed by atoms with Crippen LogP contribution >= 0.6 is 15.6 Å². The smallest absolute Gasteiger partial charge is 0.262 e. The van der Waals surface area contributed by atoms with Crippen LogP contribution in [0.4, 0.5) is 0 Å². The fourth-order valence-corrected chi connectivity index (χ4v) is 4.85. The Labute approximate surface area is 258 Å². The first-order valence-electron chi connectivity index (χ1n) is 13.9. The average Bonchev–Trinajstić information content (AvgIpc) is 3.44. The lowest BCUT2D eigenvalue weighted by atomic mass is 9.85. The number of benzene rings is 2. The van der Waals surface area contributed by atoms with Crippen LogP contribution in [0.25, 0.3) is 0 Å². The summed E-state index contributed by atoms with van der Waals surface area (Å²) in [6.07, 6.45) is 13.3. The Hall–Kier alpha value is -2.92. The molecule has 44 heavy (non-hydrogen) atoms. The van der Waals surface area contributed by atoms with Gasteiger partial charge in [0.15, 0.2) is 0 Å². The molecule has 0 amide bonds. The van der Waals surface area contributed by atoms with Crippen molar-refractivity contribution in [1.82, 2.24) is 9.13 Å². The molecule has 0 aliphatic carbocycles. The number of hydrogen-bond acceptors (Lipinski definition) is 4. The number of hydrogen-bond donors (Lipinski definition) is 4. The normalized spacial score (nSPS) is 13.7. The second kappa shape index (κ2) is 13.6. The molecular weight excluding hydrogens is 606 g/mol. The highest BCUT2D eigenvalue weighted by molar-refractivity contribution is 7.43. The van der Waals surface area contributed by atoms with E-state index in [1.807, 2.05) is 0 Å². The van der Waals surface area contributed by atoms with Crippen molar-refractivity contribution in [3.63, 3.8) is 0 Å². The Bertz CT molecular complexity index is 1450. The molecule has 2 aromatic heterocycles. The van der Waals surface area contributed by atoms with Gasteiger partial charge in [0.05, 0.1) is 0 Å². The summed E-state index contributed by atoms with van der Waals surface area (Å²) in [7, 11) is -9.78. The van der Waals surface area contributed by atoms with Gasteiger partial charge in [-0.25, -0.2) is 18.3 Å². The van der Waals surface area contributed by atoms with Gasteiger partial charge >= 0.3 is 0 Å². The lowest BCUT2D eigenvalue weighted by molar-refractivity contribution is -0.688. The molecule has 0 unspecified atom stereocenters. The van der Waals surface area contributed by atoms with Gasteiger partial charge in [-0.2, -0.15) is 0 Å². The van der Waals surface area contributed by atoms with E-state index < -0.39 is 15.6 Å². The summed E-state index contributed by atoms with van der Waals surface area (Å²) in [6.45, 7) is 17.3. The molecule has 12 nitrogen and oxygen atoms in total. The van der Waals surface area contributed by atoms with Crippen molar-refractivity contribution >= 4 is 15.6 Å². The maximum atomic E-state index is 8.77. The maximum absolute atomic E-state index is 8.77. The fourth-order valence-electron chi connectivity index (χ4n) is 4.85. The Morgan fingerprint density at radius 2 is 0.909 bits per heavy atom. The molecule has 0 saturated carbocycles. The molecule has 8 bridgehead atoms. The van der Waals surface area contributed by atoms with Gasteiger partial charge in [0, 0.05) is 0 Å². The predicted molar refractivity (Wildman–Crippen MR) is 160 cm³/mol. The highest BCUT2D eigenvalue weighted by Gasteiger charge is 2.20. The topological polar surface area (TPSA) is 179 Å². The molecule has 3 heterocycles. The van der Waals surface area contributed by atoms with Crippen LogP contribution in [0.3, 0.4) is 0 Å². The first kappa shape index (κ1) is 35.6. The summed E-state index contributed by atoms with van der Waals surface area (Å²) in [6, 6.07) is 14.3. The van der Waals surface area contributed by atoms with E-state index >= 15 is 0 Å². The third kappa shape index (κ3) is 12.6. The van der Waals surface area contributed by atoms with Crippen molar-refractivity contribution < 1.29 is 47.6 Å². The predicted octanol–water partition coefficient (Wildman–Crippen LogP) is 1.85. The molecule has 4 N–H and O–H groups in total. The lowest BCUT2D eigenvalue weighted by Gasteiger charge is -2.21. The second-order valence-corrected chi connectivity index (χ2v) is 15.0. The molecule has 0 saturated heterocycles. The quantitative estimate of drug-likeness (QED) is 0.145. The Balaban J connectivity index is 0.000000461. The molecule has 0 spiro atoms. The van der Waals surface area contributed by atoms with E-state index in [4.69, 9.17) is 38.5 Å². The standard InChI is InChI=1S/C30H38N4.2H3O4P/c1-29(2,3)27-13-23-11-24(14-27)18-32-8-10-34(22-32)20-26-12-25(15-28(16-26)30(4,5)6)19-33-9-7-31(17-23)21-33;2*1-5(2,3)4/h7-16,21-22H,17-20H2,1-6H3;2*(H3,1,2,3,4)/q+2;;/p-2. The van der Waals surface area contributed by atoms with Crippen LogP contribution in [0.1, 0.15) is 74.9 Å². The van der Waals surface area contributed by atoms with Crippen LogP contribution in [0.5, 0.6) is 0 Å². The van der Waals surface area contributed by atoms with Gasteiger partial charge in [-0.15, -0.1) is 0 Å². The number of imidazole rings is 2. The van der Waals surface area contributed by atoms with Gasteiger partial charge in [-0.1, -0.05) is 65.8 Å². The van der Waals surface area contributed by atoms with E-state index in [0.29, 0.717) is 0 Å². The summed E-state index contributed by atoms with van der Waals surface area (Å²) >= 11 is 0. The molecule has 5 rings (SSSR count). The molecule has 0 fully saturated rings. The minimum Gasteiger partial charge on any atom is -0.756 e. The fraction of sp³-hybridized carbons (Fsp3) is 0.400. The Morgan fingerprint density at radius 1 is 0.614 bits per heavy atom. The van der Waals surface area contributed by atoms with Crippen LogP contribution in [-0.4, -0.2) is 28.7 Å². The third-order valence-corrected chi connectivity index (χ3v) is 6.79. The summed E-state index contributed by atoms with van der Waals surface area (Å²) in [4.78, 5) is 45.8. The SMILES string of the molecule is CC(C)(C)c1cc2cc(c1)Cn1cc[n+](c1)Cc1cc(cc(C(C)(C)C)c1)C[n+]1ccn(c1)C2.O=P([O-])(O)O.O=P([O-])(O)O. The molecule has 14 heteroatoms. The number of nitrogens with zero attached hydrogens (tertiary/aromatic N) is 4. The largest absolute Gasteiger partial charge is 0.756 e. The molecule has 1 aliphatic heterocycles. The molecule has 2 aromatic carbocycles. The zero-order valence-corrected chi connectivity index (χ0v) is 27.7. The van der Waals surface area contributed by atoms with Gasteiger partial charge in [0.1, 0.15) is 51.0 Å². The molecule has 0 radical (unpaired) electrons. The van der Waals surface area contributed by atoms with E-state index in [-0.39, 0.29) is 10.8 Å². The first-order valence-corrected chi connectivity index (χ1v) is 17.0. The van der Waals surface area contributed by atoms with Crippen molar-refractivity contribution in [1.29, 1.82) is 0 Å². The van der Waals surface area contributed by atoms with E-state index in [2.05, 4.69) is 134 Å². The highest BCUT2D eigenvalue weighted by atomic mass is 31.2. The number of rotatable bonds is 0. The lowest BCUT2D eigenvalue weighted by Crippen LogP contribution is -2.33. The zero-order valence-electron chi connectivity index (χ0n) is 25.9. The van der Waals surface area contributed by atoms with Crippen LogP contribution in [0.2, 0.25) is 0 Å². The molecular formula is C30H42N4O8P2. The highest BCUT2D eigenvalue weighted by Crippen LogP contribution is 2.27. The molecule has 1 aliphatic rings. The van der Waals surface area contributed by atoms with Crippen molar-refractivity contribution in [3.8, 4) is 0 Å². The summed E-state index contributed by atoms with van der Waals surface area (Å²) in [5, 5.41) is 0. The van der Waals surface area contributed by atoms with Crippen molar-refractivity contribution in [2.45, 2.75) is 78.6 Å². The molecule has 240 valence electrons. The Morgan fingerprint density at radius 3 is 1.23 bits per heavy atom. The minimum atomic E-state index is -4.89. The monoisotopic (exact) mass is 648 g/mol. The van der Waals surface area contributed by atoms with Crippen molar-refractivity contribution in [2.24, 2.45) is 0 Å². The Kier molecular flexibility index (Phi) is 11.0. The van der Waals surface area contributed by atoms with Gasteiger partial charge in [-0.05, 0) is 56.3 Å². The van der Waals surface area contributed by atoms with Crippen LogP contribution < -0.4 is 18.9 Å². The number of aromatic nitrogens is 4. The minimum absolute atomic E-state index is 0.117. The van der Waals surface area contributed by atoms with Crippen LogP contribution in [0, 0.1) is 0 Å². The maximum Gasteiger partial charge on any atom is 0.262 e. The van der Waals surface area contributed by atoms with Crippen molar-refractivity contribution in [3.05, 3.63) is 107 Å². The van der Waals surface area contributed by atoms with Gasteiger partial charge in [-0.3, -0.25) is 9.13 Å². The zero-order chi connectivity index (χ0) is 33.1. The average molecular weight is 649 g/mol. The van der Waals surface area contributed by atoms with Gasteiger partial charge in [0.25, 0.3) is 15.6 Å². The summed E-state index contributed by atoms with van der Waals surface area (Å²) < 4.78 is 26.7. The van der Waals surface area contributed by atoms with E-state index in [1.54, 1.807) is 0 Å². The second-order valence-electron chi connectivity index (χ2n) is 13.1. The first-order chi connectivity index (χ1) is 20.0. The summed E-state index contributed by atoms with van der Waals surface area (Å²) in [5.41, 5.74) is 8.45. The van der Waals surface area contributed by atoms with E-state index in [0.717, 1.165) is 26.2 Å². The summed E-state index contributed by atoms with van der Waals surface area (Å²) in [5.74, 6) is 0. The molecule has 4 aromatic rings. The van der Waals surface area contributed by atoms with Gasteiger partial charge in [0.2, 0.25) is 12.7 Å². The van der Waals surface area contributed by atoms with Crippen LogP contribution in [-0.2, 0) is 46.1 Å².